The number of carbonyl (C=O) groups excluding carboxylic acids is 2. The largest absolute Gasteiger partial charge is 0.494 e. The van der Waals surface area contributed by atoms with E-state index in [2.05, 4.69) is 13.8 Å². The first-order valence-electron chi connectivity index (χ1n) is 11.5. The van der Waals surface area contributed by atoms with Gasteiger partial charge in [-0.3, -0.25) is 9.79 Å². The zero-order valence-corrected chi connectivity index (χ0v) is 19.8. The van der Waals surface area contributed by atoms with Gasteiger partial charge in [-0.2, -0.15) is 0 Å². The smallest absolute Gasteiger partial charge is 0.336 e. The average Bonchev–Trinajstić information content (AvgIpc) is 2.77. The summed E-state index contributed by atoms with van der Waals surface area (Å²) in [6, 6.07) is 17.2. The Morgan fingerprint density at radius 3 is 2.45 bits per heavy atom. The Labute approximate surface area is 195 Å². The van der Waals surface area contributed by atoms with Crippen molar-refractivity contribution in [3.8, 4) is 5.75 Å². The van der Waals surface area contributed by atoms with E-state index in [1.54, 1.807) is 0 Å². The average molecular weight is 446 g/mol. The predicted octanol–water partition coefficient (Wildman–Crippen LogP) is 5.65. The number of para-hydroxylation sites is 1. The Bertz CT molecular complexity index is 1110. The molecule has 2 aromatic rings. The van der Waals surface area contributed by atoms with Crippen LogP contribution >= 0.6 is 0 Å². The molecule has 4 rings (SSSR count). The number of ketones is 1. The van der Waals surface area contributed by atoms with Crippen LogP contribution in [0, 0.1) is 11.3 Å². The zero-order valence-electron chi connectivity index (χ0n) is 19.8. The Kier molecular flexibility index (Phi) is 6.50. The third-order valence-corrected chi connectivity index (χ3v) is 6.35. The Balaban J connectivity index is 1.78. The standard InChI is InChI=1S/C28H31NO4/c1-5-32-23-14-10-9-13-20(23)25-24(27(31)33-17-19-11-7-6-8-12-19)18(2)29-21-15-28(3,4)16-22(30)26(21)25/h6-14,25-26H,5,15-17H2,1-4H3/t25-,26?/m1/s1. The summed E-state index contributed by atoms with van der Waals surface area (Å²) >= 11 is 0. The highest BCUT2D eigenvalue weighted by molar-refractivity contribution is 6.12. The third kappa shape index (κ3) is 4.77. The number of Topliss-reactive ketones (excluding diaryl/α,β-unsaturated/α-hetero) is 1. The molecule has 0 bridgehead atoms. The van der Waals surface area contributed by atoms with E-state index in [4.69, 9.17) is 14.5 Å². The molecule has 1 saturated carbocycles. The lowest BCUT2D eigenvalue weighted by Crippen LogP contribution is -2.44. The molecule has 0 aromatic heterocycles. The fourth-order valence-corrected chi connectivity index (χ4v) is 5.02. The number of nitrogens with zero attached hydrogens (tertiary/aromatic N) is 1. The van der Waals surface area contributed by atoms with Crippen LogP contribution in [0.25, 0.3) is 0 Å². The van der Waals surface area contributed by atoms with Gasteiger partial charge in [0, 0.05) is 29.3 Å². The van der Waals surface area contributed by atoms with E-state index >= 15 is 0 Å². The number of benzene rings is 2. The van der Waals surface area contributed by atoms with Gasteiger partial charge in [-0.25, -0.2) is 4.79 Å². The van der Waals surface area contributed by atoms with Crippen molar-refractivity contribution in [2.75, 3.05) is 6.61 Å². The van der Waals surface area contributed by atoms with Gasteiger partial charge < -0.3 is 9.47 Å². The van der Waals surface area contributed by atoms with Gasteiger partial charge in [-0.15, -0.1) is 0 Å². The van der Waals surface area contributed by atoms with Crippen LogP contribution in [0.2, 0.25) is 0 Å². The summed E-state index contributed by atoms with van der Waals surface area (Å²) in [6.07, 6.45) is 1.18. The lowest BCUT2D eigenvalue weighted by Gasteiger charge is -2.41. The normalized spacial score (nSPS) is 21.8. The molecule has 0 spiro atoms. The molecular formula is C28H31NO4. The van der Waals surface area contributed by atoms with Gasteiger partial charge in [-0.1, -0.05) is 62.4 Å². The predicted molar refractivity (Wildman–Crippen MR) is 128 cm³/mol. The summed E-state index contributed by atoms with van der Waals surface area (Å²) in [4.78, 5) is 31.7. The lowest BCUT2D eigenvalue weighted by molar-refractivity contribution is -0.140. The first-order chi connectivity index (χ1) is 15.8. The van der Waals surface area contributed by atoms with Crippen molar-refractivity contribution in [1.82, 2.24) is 0 Å². The number of hydrogen-bond donors (Lipinski definition) is 0. The van der Waals surface area contributed by atoms with Crippen molar-refractivity contribution in [3.05, 3.63) is 77.0 Å². The highest BCUT2D eigenvalue weighted by Crippen LogP contribution is 2.48. The molecular weight excluding hydrogens is 414 g/mol. The van der Waals surface area contributed by atoms with Crippen molar-refractivity contribution in [2.24, 2.45) is 16.3 Å². The molecule has 1 aliphatic carbocycles. The quantitative estimate of drug-likeness (QED) is 0.539. The third-order valence-electron chi connectivity index (χ3n) is 6.35. The van der Waals surface area contributed by atoms with Crippen molar-refractivity contribution in [1.29, 1.82) is 0 Å². The van der Waals surface area contributed by atoms with Crippen LogP contribution < -0.4 is 4.74 Å². The summed E-state index contributed by atoms with van der Waals surface area (Å²) in [5, 5.41) is 0. The SMILES string of the molecule is CCOc1ccccc1[C@@H]1C(C(=O)OCc2ccccc2)=C(C)N=C2CC(C)(C)CC(=O)C21. The molecule has 0 N–H and O–H groups in total. The summed E-state index contributed by atoms with van der Waals surface area (Å²) in [6.45, 7) is 8.61. The van der Waals surface area contributed by atoms with E-state index in [9.17, 15) is 9.59 Å². The van der Waals surface area contributed by atoms with Gasteiger partial charge >= 0.3 is 5.97 Å². The molecule has 172 valence electrons. The minimum atomic E-state index is -0.484. The second kappa shape index (κ2) is 9.34. The monoisotopic (exact) mass is 445 g/mol. The van der Waals surface area contributed by atoms with Gasteiger partial charge in [-0.05, 0) is 37.3 Å². The number of aliphatic imine (C=N–C) groups is 1. The van der Waals surface area contributed by atoms with Crippen LogP contribution in [0.3, 0.4) is 0 Å². The van der Waals surface area contributed by atoms with Crippen LogP contribution in [-0.4, -0.2) is 24.1 Å². The second-order valence-electron chi connectivity index (χ2n) is 9.57. The second-order valence-corrected chi connectivity index (χ2v) is 9.57. The number of carbonyl (C=O) groups is 2. The Morgan fingerprint density at radius 2 is 1.73 bits per heavy atom. The summed E-state index contributed by atoms with van der Waals surface area (Å²) in [5.74, 6) is -0.602. The molecule has 5 nitrogen and oxygen atoms in total. The Morgan fingerprint density at radius 1 is 1.03 bits per heavy atom. The molecule has 0 radical (unpaired) electrons. The van der Waals surface area contributed by atoms with Gasteiger partial charge in [0.2, 0.25) is 0 Å². The number of allylic oxidation sites excluding steroid dienone is 1. The van der Waals surface area contributed by atoms with E-state index < -0.39 is 17.8 Å². The number of hydrogen-bond acceptors (Lipinski definition) is 5. The molecule has 5 heteroatoms. The highest BCUT2D eigenvalue weighted by Gasteiger charge is 2.48. The molecule has 2 aliphatic rings. The first-order valence-corrected chi connectivity index (χ1v) is 11.5. The summed E-state index contributed by atoms with van der Waals surface area (Å²) < 4.78 is 11.6. The fraction of sp³-hybridized carbons (Fsp3) is 0.393. The van der Waals surface area contributed by atoms with Gasteiger partial charge in [0.25, 0.3) is 0 Å². The van der Waals surface area contributed by atoms with Crippen LogP contribution in [0.4, 0.5) is 0 Å². The maximum absolute atomic E-state index is 13.5. The van der Waals surface area contributed by atoms with Crippen LogP contribution in [0.15, 0.2) is 70.9 Å². The first kappa shape index (κ1) is 23.0. The number of esters is 1. The molecule has 1 unspecified atom stereocenters. The van der Waals surface area contributed by atoms with Gasteiger partial charge in [0.15, 0.2) is 0 Å². The van der Waals surface area contributed by atoms with Crippen LogP contribution in [0.5, 0.6) is 5.75 Å². The molecule has 2 atom stereocenters. The molecule has 0 amide bonds. The summed E-state index contributed by atoms with van der Waals surface area (Å²) in [7, 11) is 0. The minimum absolute atomic E-state index is 0.113. The summed E-state index contributed by atoms with van der Waals surface area (Å²) in [5.41, 5.74) is 3.49. The molecule has 0 saturated heterocycles. The topological polar surface area (TPSA) is 65.0 Å². The molecule has 1 fully saturated rings. The maximum atomic E-state index is 13.5. The van der Waals surface area contributed by atoms with Gasteiger partial charge in [0.05, 0.1) is 18.1 Å². The minimum Gasteiger partial charge on any atom is -0.494 e. The maximum Gasteiger partial charge on any atom is 0.336 e. The van der Waals surface area contributed by atoms with Crippen molar-refractivity contribution in [3.63, 3.8) is 0 Å². The zero-order chi connectivity index (χ0) is 23.6. The number of ether oxygens (including phenoxy) is 2. The van der Waals surface area contributed by atoms with E-state index in [0.717, 1.165) is 23.3 Å². The number of fused-ring (bicyclic) bond motifs is 1. The fourth-order valence-electron chi connectivity index (χ4n) is 5.02. The van der Waals surface area contributed by atoms with Crippen LogP contribution in [0.1, 0.15) is 57.6 Å². The molecule has 1 heterocycles. The molecule has 33 heavy (non-hydrogen) atoms. The van der Waals surface area contributed by atoms with E-state index in [1.807, 2.05) is 68.4 Å². The lowest BCUT2D eigenvalue weighted by atomic mass is 9.63. The van der Waals surface area contributed by atoms with Crippen molar-refractivity contribution < 1.29 is 19.1 Å². The van der Waals surface area contributed by atoms with E-state index in [-0.39, 0.29) is 17.8 Å². The van der Waals surface area contributed by atoms with Gasteiger partial charge in [0.1, 0.15) is 18.1 Å². The number of rotatable bonds is 6. The Hall–Kier alpha value is -3.21. The van der Waals surface area contributed by atoms with E-state index in [1.165, 1.54) is 0 Å². The van der Waals surface area contributed by atoms with E-state index in [0.29, 0.717) is 30.0 Å². The van der Waals surface area contributed by atoms with Crippen molar-refractivity contribution in [2.45, 2.75) is 53.1 Å². The van der Waals surface area contributed by atoms with Crippen molar-refractivity contribution >= 4 is 17.5 Å². The molecule has 2 aromatic carbocycles. The molecule has 1 aliphatic heterocycles. The highest BCUT2D eigenvalue weighted by atomic mass is 16.5. The van der Waals surface area contributed by atoms with Crippen LogP contribution in [-0.2, 0) is 20.9 Å².